The monoisotopic (exact) mass is 415 g/mol. The van der Waals surface area contributed by atoms with Gasteiger partial charge < -0.3 is 24.3 Å². The highest BCUT2D eigenvalue weighted by molar-refractivity contribution is 6.06. The molecule has 2 N–H and O–H groups in total. The van der Waals surface area contributed by atoms with Crippen molar-refractivity contribution < 1.29 is 28.5 Å². The first kappa shape index (κ1) is 22.5. The maximum absolute atomic E-state index is 12.2. The van der Waals surface area contributed by atoms with Gasteiger partial charge >= 0.3 is 0 Å². The first-order chi connectivity index (χ1) is 14.4. The van der Waals surface area contributed by atoms with Crippen LogP contribution in [0.5, 0.6) is 23.0 Å². The van der Waals surface area contributed by atoms with Crippen LogP contribution in [-0.4, -0.2) is 45.5 Å². The largest absolute Gasteiger partial charge is 0.497 e. The minimum absolute atomic E-state index is 0.00773. The molecule has 0 bridgehead atoms. The van der Waals surface area contributed by atoms with Gasteiger partial charge in [-0.15, -0.1) is 0 Å². The molecule has 30 heavy (non-hydrogen) atoms. The summed E-state index contributed by atoms with van der Waals surface area (Å²) in [7, 11) is 4.59. The lowest BCUT2D eigenvalue weighted by molar-refractivity contribution is -0.123. The molecule has 0 aromatic heterocycles. The molecular formula is C21H25N3O6. The summed E-state index contributed by atoms with van der Waals surface area (Å²) in [5, 5.41) is 6.66. The van der Waals surface area contributed by atoms with Crippen LogP contribution in [-0.2, 0) is 9.59 Å². The van der Waals surface area contributed by atoms with Gasteiger partial charge in [-0.3, -0.25) is 9.59 Å². The summed E-state index contributed by atoms with van der Waals surface area (Å²) in [6.07, 6.45) is -0.00773. The van der Waals surface area contributed by atoms with E-state index in [1.165, 1.54) is 7.11 Å². The highest BCUT2D eigenvalue weighted by atomic mass is 16.5. The van der Waals surface area contributed by atoms with Gasteiger partial charge in [0, 0.05) is 17.8 Å². The predicted octanol–water partition coefficient (Wildman–Crippen LogP) is 2.61. The number of hydrazone groups is 1. The average molecular weight is 415 g/mol. The van der Waals surface area contributed by atoms with Crippen molar-refractivity contribution in [1.82, 2.24) is 5.43 Å². The molecule has 0 saturated heterocycles. The lowest BCUT2D eigenvalue weighted by atomic mass is 10.2. The van der Waals surface area contributed by atoms with Crippen LogP contribution in [0.15, 0.2) is 47.6 Å². The Bertz CT molecular complexity index is 913. The summed E-state index contributed by atoms with van der Waals surface area (Å²) in [5.41, 5.74) is 3.29. The van der Waals surface area contributed by atoms with Crippen LogP contribution in [0.2, 0.25) is 0 Å². The SMILES string of the molecule is COc1cccc(OCC(=O)NN=C(C)CC(=O)Nc2ccc(OC)cc2OC)c1. The van der Waals surface area contributed by atoms with Gasteiger partial charge in [0.05, 0.1) is 33.4 Å². The van der Waals surface area contributed by atoms with Crippen LogP contribution >= 0.6 is 0 Å². The quantitative estimate of drug-likeness (QED) is 0.456. The maximum Gasteiger partial charge on any atom is 0.277 e. The Kier molecular flexibility index (Phi) is 8.49. The standard InChI is InChI=1S/C21H25N3O6/c1-14(10-20(25)22-18-9-8-16(28-3)12-19(18)29-4)23-24-21(26)13-30-17-7-5-6-15(11-17)27-2/h5-9,11-12H,10,13H2,1-4H3,(H,22,25)(H,24,26). The summed E-state index contributed by atoms with van der Waals surface area (Å²) in [4.78, 5) is 24.1. The molecule has 0 aliphatic carbocycles. The minimum Gasteiger partial charge on any atom is -0.497 e. The number of ether oxygens (including phenoxy) is 4. The van der Waals surface area contributed by atoms with E-state index in [2.05, 4.69) is 15.8 Å². The van der Waals surface area contributed by atoms with Gasteiger partial charge in [0.15, 0.2) is 6.61 Å². The molecule has 0 heterocycles. The van der Waals surface area contributed by atoms with Crippen molar-refractivity contribution in [3.8, 4) is 23.0 Å². The third-order valence-electron chi connectivity index (χ3n) is 3.88. The van der Waals surface area contributed by atoms with Crippen LogP contribution in [0.3, 0.4) is 0 Å². The van der Waals surface area contributed by atoms with Crippen LogP contribution in [0, 0.1) is 0 Å². The van der Waals surface area contributed by atoms with E-state index in [1.807, 2.05) is 0 Å². The normalized spacial score (nSPS) is 10.7. The van der Waals surface area contributed by atoms with Crippen molar-refractivity contribution in [2.75, 3.05) is 33.3 Å². The summed E-state index contributed by atoms with van der Waals surface area (Å²) in [5.74, 6) is 1.46. The lowest BCUT2D eigenvalue weighted by Crippen LogP contribution is -2.26. The molecule has 0 saturated carbocycles. The predicted molar refractivity (Wildman–Crippen MR) is 113 cm³/mol. The van der Waals surface area contributed by atoms with Gasteiger partial charge in [-0.1, -0.05) is 6.07 Å². The number of nitrogens with one attached hydrogen (secondary N) is 2. The Morgan fingerprint density at radius 2 is 1.60 bits per heavy atom. The topological polar surface area (TPSA) is 107 Å². The molecule has 0 unspecified atom stereocenters. The lowest BCUT2D eigenvalue weighted by Gasteiger charge is -2.11. The van der Waals surface area contributed by atoms with Crippen molar-refractivity contribution in [2.45, 2.75) is 13.3 Å². The van der Waals surface area contributed by atoms with Crippen molar-refractivity contribution in [1.29, 1.82) is 0 Å². The first-order valence-electron chi connectivity index (χ1n) is 9.06. The molecule has 0 radical (unpaired) electrons. The number of methoxy groups -OCH3 is 3. The fourth-order valence-corrected chi connectivity index (χ4v) is 2.40. The summed E-state index contributed by atoms with van der Waals surface area (Å²) < 4.78 is 20.8. The molecule has 0 spiro atoms. The molecule has 0 atom stereocenters. The third kappa shape index (κ3) is 7.01. The van der Waals surface area contributed by atoms with Gasteiger partial charge in [-0.05, 0) is 31.2 Å². The van der Waals surface area contributed by atoms with E-state index in [0.29, 0.717) is 34.4 Å². The molecule has 2 rings (SSSR count). The first-order valence-corrected chi connectivity index (χ1v) is 9.06. The fraction of sp³-hybridized carbons (Fsp3) is 0.286. The van der Waals surface area contributed by atoms with Gasteiger partial charge in [-0.25, -0.2) is 5.43 Å². The van der Waals surface area contributed by atoms with E-state index in [9.17, 15) is 9.59 Å². The van der Waals surface area contributed by atoms with Crippen LogP contribution in [0.4, 0.5) is 5.69 Å². The molecule has 9 heteroatoms. The molecule has 2 amide bonds. The average Bonchev–Trinajstić information content (AvgIpc) is 2.76. The summed E-state index contributed by atoms with van der Waals surface area (Å²) in [6.45, 7) is 1.41. The minimum atomic E-state index is -0.450. The summed E-state index contributed by atoms with van der Waals surface area (Å²) >= 11 is 0. The number of anilines is 1. The maximum atomic E-state index is 12.2. The fourth-order valence-electron chi connectivity index (χ4n) is 2.40. The highest BCUT2D eigenvalue weighted by Crippen LogP contribution is 2.29. The number of nitrogens with zero attached hydrogens (tertiary/aromatic N) is 1. The van der Waals surface area contributed by atoms with Crippen LogP contribution in [0.1, 0.15) is 13.3 Å². The van der Waals surface area contributed by atoms with E-state index >= 15 is 0 Å². The van der Waals surface area contributed by atoms with Crippen molar-refractivity contribution >= 4 is 23.2 Å². The Balaban J connectivity index is 1.82. The van der Waals surface area contributed by atoms with Gasteiger partial charge in [-0.2, -0.15) is 5.10 Å². The van der Waals surface area contributed by atoms with Gasteiger partial charge in [0.25, 0.3) is 5.91 Å². The smallest absolute Gasteiger partial charge is 0.277 e. The van der Waals surface area contributed by atoms with Crippen LogP contribution < -0.4 is 29.7 Å². The second-order valence-electron chi connectivity index (χ2n) is 6.14. The number of hydrogen-bond acceptors (Lipinski definition) is 7. The molecule has 0 aliphatic heterocycles. The molecule has 2 aromatic carbocycles. The number of rotatable bonds is 10. The van der Waals surface area contributed by atoms with E-state index in [1.54, 1.807) is 63.6 Å². The number of carbonyl (C=O) groups is 2. The Morgan fingerprint density at radius 3 is 2.30 bits per heavy atom. The Hall–Kier alpha value is -3.75. The molecule has 9 nitrogen and oxygen atoms in total. The van der Waals surface area contributed by atoms with E-state index < -0.39 is 5.91 Å². The second-order valence-corrected chi connectivity index (χ2v) is 6.14. The third-order valence-corrected chi connectivity index (χ3v) is 3.88. The van der Waals surface area contributed by atoms with E-state index in [-0.39, 0.29) is 18.9 Å². The summed E-state index contributed by atoms with van der Waals surface area (Å²) in [6, 6.07) is 12.0. The molecular weight excluding hydrogens is 390 g/mol. The van der Waals surface area contributed by atoms with E-state index in [0.717, 1.165) is 0 Å². The highest BCUT2D eigenvalue weighted by Gasteiger charge is 2.10. The molecule has 0 aliphatic rings. The van der Waals surface area contributed by atoms with Crippen molar-refractivity contribution in [3.63, 3.8) is 0 Å². The van der Waals surface area contributed by atoms with Crippen molar-refractivity contribution in [3.05, 3.63) is 42.5 Å². The second kappa shape index (κ2) is 11.3. The van der Waals surface area contributed by atoms with E-state index in [4.69, 9.17) is 18.9 Å². The Labute approximate surface area is 175 Å². The number of benzene rings is 2. The zero-order chi connectivity index (χ0) is 21.9. The zero-order valence-electron chi connectivity index (χ0n) is 17.4. The van der Waals surface area contributed by atoms with Gasteiger partial charge in [0.2, 0.25) is 5.91 Å². The number of carbonyl (C=O) groups excluding carboxylic acids is 2. The molecule has 0 fully saturated rings. The zero-order valence-corrected chi connectivity index (χ0v) is 17.4. The molecule has 2 aromatic rings. The molecule has 160 valence electrons. The van der Waals surface area contributed by atoms with Crippen molar-refractivity contribution in [2.24, 2.45) is 5.10 Å². The van der Waals surface area contributed by atoms with Crippen LogP contribution in [0.25, 0.3) is 0 Å². The number of hydrogen-bond donors (Lipinski definition) is 2. The number of amides is 2. The van der Waals surface area contributed by atoms with Gasteiger partial charge in [0.1, 0.15) is 23.0 Å². The Morgan fingerprint density at radius 1 is 0.900 bits per heavy atom.